The molecule has 0 aliphatic carbocycles. The summed E-state index contributed by atoms with van der Waals surface area (Å²) in [6.45, 7) is 3.84. The van der Waals surface area contributed by atoms with Crippen molar-refractivity contribution in [2.45, 2.75) is 20.3 Å². The lowest BCUT2D eigenvalue weighted by Crippen LogP contribution is -2.17. The van der Waals surface area contributed by atoms with Gasteiger partial charge in [0.1, 0.15) is 0 Å². The minimum absolute atomic E-state index is 0.139. The number of amides is 1. The van der Waals surface area contributed by atoms with Crippen LogP contribution in [-0.4, -0.2) is 25.7 Å². The molecule has 0 saturated carbocycles. The molecular weight excluding hydrogens is 230 g/mol. The number of aryl methyl sites for hydroxylation is 2. The van der Waals surface area contributed by atoms with Crippen LogP contribution in [0.5, 0.6) is 0 Å². The highest BCUT2D eigenvalue weighted by atomic mass is 16.1. The SMILES string of the molecule is Cc1nn(C)c(C)c1CC(=O)Nc1ncccn1. The molecule has 0 aliphatic heterocycles. The first-order valence-corrected chi connectivity index (χ1v) is 5.64. The van der Waals surface area contributed by atoms with Gasteiger partial charge in [-0.2, -0.15) is 5.10 Å². The molecule has 0 atom stereocenters. The molecule has 2 heterocycles. The second-order valence-electron chi connectivity index (χ2n) is 4.07. The largest absolute Gasteiger partial charge is 0.294 e. The van der Waals surface area contributed by atoms with Crippen molar-refractivity contribution in [3.63, 3.8) is 0 Å². The zero-order valence-electron chi connectivity index (χ0n) is 10.6. The Bertz CT molecular complexity index is 561. The Morgan fingerprint density at radius 1 is 1.33 bits per heavy atom. The van der Waals surface area contributed by atoms with E-state index in [4.69, 9.17) is 0 Å². The number of carbonyl (C=O) groups excluding carboxylic acids is 1. The van der Waals surface area contributed by atoms with Crippen LogP contribution < -0.4 is 5.32 Å². The molecule has 2 rings (SSSR count). The lowest BCUT2D eigenvalue weighted by molar-refractivity contribution is -0.115. The minimum Gasteiger partial charge on any atom is -0.294 e. The van der Waals surface area contributed by atoms with Crippen LogP contribution >= 0.6 is 0 Å². The molecule has 0 fully saturated rings. The van der Waals surface area contributed by atoms with Crippen LogP contribution in [-0.2, 0) is 18.3 Å². The summed E-state index contributed by atoms with van der Waals surface area (Å²) in [7, 11) is 1.87. The standard InChI is InChI=1S/C12H15N5O/c1-8-10(9(2)17(3)16-8)7-11(18)15-12-13-5-4-6-14-12/h4-6H,7H2,1-3H3,(H,13,14,15,18). The quantitative estimate of drug-likeness (QED) is 0.875. The maximum atomic E-state index is 11.9. The van der Waals surface area contributed by atoms with Crippen LogP contribution in [0.25, 0.3) is 0 Å². The van der Waals surface area contributed by atoms with Gasteiger partial charge in [-0.1, -0.05) is 0 Å². The van der Waals surface area contributed by atoms with Gasteiger partial charge >= 0.3 is 0 Å². The van der Waals surface area contributed by atoms with E-state index in [0.29, 0.717) is 5.95 Å². The second-order valence-corrected chi connectivity index (χ2v) is 4.07. The van der Waals surface area contributed by atoms with E-state index in [1.807, 2.05) is 20.9 Å². The molecule has 0 spiro atoms. The van der Waals surface area contributed by atoms with Gasteiger partial charge in [0, 0.05) is 30.7 Å². The van der Waals surface area contributed by atoms with E-state index in [0.717, 1.165) is 17.0 Å². The molecule has 0 aliphatic rings. The van der Waals surface area contributed by atoms with Gasteiger partial charge in [0.2, 0.25) is 11.9 Å². The third-order valence-electron chi connectivity index (χ3n) is 2.81. The van der Waals surface area contributed by atoms with Crippen molar-refractivity contribution in [1.82, 2.24) is 19.7 Å². The Morgan fingerprint density at radius 2 is 2.00 bits per heavy atom. The highest BCUT2D eigenvalue weighted by Gasteiger charge is 2.13. The zero-order valence-corrected chi connectivity index (χ0v) is 10.6. The number of hydrogen-bond donors (Lipinski definition) is 1. The highest BCUT2D eigenvalue weighted by Crippen LogP contribution is 2.13. The average Bonchev–Trinajstić information content (AvgIpc) is 2.57. The topological polar surface area (TPSA) is 72.7 Å². The van der Waals surface area contributed by atoms with Crippen LogP contribution in [0.3, 0.4) is 0 Å². The van der Waals surface area contributed by atoms with E-state index in [9.17, 15) is 4.79 Å². The van der Waals surface area contributed by atoms with Crippen molar-refractivity contribution in [1.29, 1.82) is 0 Å². The van der Waals surface area contributed by atoms with E-state index < -0.39 is 0 Å². The van der Waals surface area contributed by atoms with Gasteiger partial charge in [0.05, 0.1) is 12.1 Å². The van der Waals surface area contributed by atoms with E-state index in [1.165, 1.54) is 0 Å². The molecule has 1 N–H and O–H groups in total. The number of anilines is 1. The van der Waals surface area contributed by atoms with Crippen LogP contribution in [0.2, 0.25) is 0 Å². The lowest BCUT2D eigenvalue weighted by Gasteiger charge is -2.03. The first kappa shape index (κ1) is 12.2. The summed E-state index contributed by atoms with van der Waals surface area (Å²) in [6, 6.07) is 1.70. The fourth-order valence-corrected chi connectivity index (χ4v) is 1.77. The van der Waals surface area contributed by atoms with Gasteiger partial charge in [0.25, 0.3) is 0 Å². The summed E-state index contributed by atoms with van der Waals surface area (Å²) >= 11 is 0. The van der Waals surface area contributed by atoms with Crippen LogP contribution in [0.15, 0.2) is 18.5 Å². The number of aromatic nitrogens is 4. The van der Waals surface area contributed by atoms with Gasteiger partial charge in [-0.25, -0.2) is 9.97 Å². The monoisotopic (exact) mass is 245 g/mol. The summed E-state index contributed by atoms with van der Waals surface area (Å²) in [4.78, 5) is 19.8. The van der Waals surface area contributed by atoms with Gasteiger partial charge in [-0.15, -0.1) is 0 Å². The highest BCUT2D eigenvalue weighted by molar-refractivity contribution is 5.90. The molecule has 0 saturated heterocycles. The molecule has 2 aromatic rings. The number of nitrogens with one attached hydrogen (secondary N) is 1. The summed E-state index contributed by atoms with van der Waals surface area (Å²) < 4.78 is 1.77. The van der Waals surface area contributed by atoms with Crippen molar-refractivity contribution >= 4 is 11.9 Å². The minimum atomic E-state index is -0.139. The average molecular weight is 245 g/mol. The number of nitrogens with zero attached hydrogens (tertiary/aromatic N) is 4. The molecule has 2 aromatic heterocycles. The van der Waals surface area contributed by atoms with E-state index in [2.05, 4.69) is 20.4 Å². The number of carbonyl (C=O) groups is 1. The Balaban J connectivity index is 2.08. The fraction of sp³-hybridized carbons (Fsp3) is 0.333. The third kappa shape index (κ3) is 2.53. The molecule has 0 aromatic carbocycles. The van der Waals surface area contributed by atoms with Crippen LogP contribution in [0.1, 0.15) is 17.0 Å². The van der Waals surface area contributed by atoms with Crippen molar-refractivity contribution in [2.24, 2.45) is 7.05 Å². The first-order valence-electron chi connectivity index (χ1n) is 5.64. The van der Waals surface area contributed by atoms with E-state index >= 15 is 0 Å². The van der Waals surface area contributed by atoms with Crippen LogP contribution in [0.4, 0.5) is 5.95 Å². The molecule has 18 heavy (non-hydrogen) atoms. The van der Waals surface area contributed by atoms with Crippen molar-refractivity contribution in [3.05, 3.63) is 35.4 Å². The first-order chi connectivity index (χ1) is 8.58. The van der Waals surface area contributed by atoms with Crippen molar-refractivity contribution in [3.8, 4) is 0 Å². The molecule has 0 radical (unpaired) electrons. The maximum absolute atomic E-state index is 11.9. The predicted molar refractivity (Wildman–Crippen MR) is 67.0 cm³/mol. The summed E-state index contributed by atoms with van der Waals surface area (Å²) in [5.74, 6) is 0.182. The fourth-order valence-electron chi connectivity index (χ4n) is 1.77. The Kier molecular flexibility index (Phi) is 3.36. The zero-order chi connectivity index (χ0) is 13.1. The molecule has 0 unspecified atom stereocenters. The third-order valence-corrected chi connectivity index (χ3v) is 2.81. The van der Waals surface area contributed by atoms with Gasteiger partial charge < -0.3 is 0 Å². The summed E-state index contributed by atoms with van der Waals surface area (Å²) in [5, 5.41) is 6.93. The number of hydrogen-bond acceptors (Lipinski definition) is 4. The second kappa shape index (κ2) is 4.95. The Labute approximate surface area is 105 Å². The molecule has 0 bridgehead atoms. The van der Waals surface area contributed by atoms with Gasteiger partial charge in [-0.05, 0) is 19.9 Å². The molecule has 6 nitrogen and oxygen atoms in total. The Morgan fingerprint density at radius 3 is 2.56 bits per heavy atom. The molecule has 94 valence electrons. The summed E-state index contributed by atoms with van der Waals surface area (Å²) in [5.41, 5.74) is 2.82. The van der Waals surface area contributed by atoms with E-state index in [1.54, 1.807) is 23.1 Å². The maximum Gasteiger partial charge on any atom is 0.231 e. The molecular formula is C12H15N5O. The van der Waals surface area contributed by atoms with Crippen LogP contribution in [0, 0.1) is 13.8 Å². The van der Waals surface area contributed by atoms with Crippen molar-refractivity contribution in [2.75, 3.05) is 5.32 Å². The van der Waals surface area contributed by atoms with Crippen molar-refractivity contribution < 1.29 is 4.79 Å². The van der Waals surface area contributed by atoms with Gasteiger partial charge in [-0.3, -0.25) is 14.8 Å². The normalized spacial score (nSPS) is 10.4. The van der Waals surface area contributed by atoms with E-state index in [-0.39, 0.29) is 12.3 Å². The summed E-state index contributed by atoms with van der Waals surface area (Å²) in [6.07, 6.45) is 3.45. The molecule has 6 heteroatoms. The Hall–Kier alpha value is -2.24. The molecule has 1 amide bonds. The van der Waals surface area contributed by atoms with Gasteiger partial charge in [0.15, 0.2) is 0 Å². The number of rotatable bonds is 3. The lowest BCUT2D eigenvalue weighted by atomic mass is 10.1. The smallest absolute Gasteiger partial charge is 0.231 e. The predicted octanol–water partition coefficient (Wildman–Crippen LogP) is 1.01.